The Hall–Kier alpha value is -0.305. The van der Waals surface area contributed by atoms with E-state index in [1.54, 1.807) is 0 Å². The SMILES string of the molecule is BC1CC(N)CCC1=O. The summed E-state index contributed by atoms with van der Waals surface area (Å²) in [5.74, 6) is 0.602. The van der Waals surface area contributed by atoms with Crippen molar-refractivity contribution in [3.63, 3.8) is 0 Å². The highest BCUT2D eigenvalue weighted by Gasteiger charge is 2.21. The molecule has 0 saturated heterocycles. The summed E-state index contributed by atoms with van der Waals surface area (Å²) in [5, 5.41) is 0. The van der Waals surface area contributed by atoms with Crippen molar-refractivity contribution < 1.29 is 4.79 Å². The first-order chi connectivity index (χ1) is 4.20. The lowest BCUT2D eigenvalue weighted by Crippen LogP contribution is -2.30. The zero-order valence-corrected chi connectivity index (χ0v) is 5.76. The normalized spacial score (nSPS) is 36.8. The molecule has 2 N–H and O–H groups in total. The number of hydrogen-bond acceptors (Lipinski definition) is 2. The van der Waals surface area contributed by atoms with Crippen LogP contribution in [0.25, 0.3) is 0 Å². The van der Waals surface area contributed by atoms with Crippen LogP contribution in [0.3, 0.4) is 0 Å². The Labute approximate surface area is 56.2 Å². The Kier molecular flexibility index (Phi) is 1.91. The van der Waals surface area contributed by atoms with Crippen LogP contribution in [0.2, 0.25) is 5.82 Å². The topological polar surface area (TPSA) is 43.1 Å². The summed E-state index contributed by atoms with van der Waals surface area (Å²) in [6.45, 7) is 0. The van der Waals surface area contributed by atoms with Gasteiger partial charge in [-0.15, -0.1) is 0 Å². The van der Waals surface area contributed by atoms with Gasteiger partial charge in [-0.3, -0.25) is 0 Å². The highest BCUT2D eigenvalue weighted by molar-refractivity contribution is 6.24. The lowest BCUT2D eigenvalue weighted by molar-refractivity contribution is -0.120. The van der Waals surface area contributed by atoms with Crippen molar-refractivity contribution in [3.8, 4) is 0 Å². The molecule has 2 unspecified atom stereocenters. The van der Waals surface area contributed by atoms with Crippen LogP contribution >= 0.6 is 0 Å². The van der Waals surface area contributed by atoms with Crippen LogP contribution < -0.4 is 5.73 Å². The summed E-state index contributed by atoms with van der Waals surface area (Å²) in [6.07, 6.45) is 2.48. The van der Waals surface area contributed by atoms with Gasteiger partial charge in [-0.05, 0) is 18.7 Å². The van der Waals surface area contributed by atoms with E-state index < -0.39 is 0 Å². The second-order valence-electron chi connectivity index (χ2n) is 2.90. The number of carbonyl (C=O) groups is 1. The van der Waals surface area contributed by atoms with E-state index in [0.717, 1.165) is 12.8 Å². The first-order valence-corrected chi connectivity index (χ1v) is 3.48. The Morgan fingerprint density at radius 1 is 1.67 bits per heavy atom. The largest absolute Gasteiger partial charge is 0.328 e. The molecule has 0 amide bonds. The molecule has 1 rings (SSSR count). The summed E-state index contributed by atoms with van der Waals surface area (Å²) in [7, 11) is 1.96. The molecule has 2 nitrogen and oxygen atoms in total. The first-order valence-electron chi connectivity index (χ1n) is 3.48. The minimum atomic E-state index is 0.216. The number of ketones is 1. The highest BCUT2D eigenvalue weighted by Crippen LogP contribution is 2.21. The molecule has 1 fully saturated rings. The standard InChI is InChI=1S/C6H12BNO/c7-5-3-4(8)1-2-6(5)9/h4-5H,1-3,7-8H2. The maximum Gasteiger partial charge on any atom is 0.128 e. The van der Waals surface area contributed by atoms with Crippen molar-refractivity contribution in [2.24, 2.45) is 5.73 Å². The van der Waals surface area contributed by atoms with Crippen LogP contribution in [0.5, 0.6) is 0 Å². The highest BCUT2D eigenvalue weighted by atomic mass is 16.1. The fraction of sp³-hybridized carbons (Fsp3) is 0.833. The zero-order valence-electron chi connectivity index (χ0n) is 5.76. The smallest absolute Gasteiger partial charge is 0.128 e. The Morgan fingerprint density at radius 2 is 2.33 bits per heavy atom. The third-order valence-corrected chi connectivity index (χ3v) is 1.97. The molecule has 0 bridgehead atoms. The average Bonchev–Trinajstić information content (AvgIpc) is 1.80. The summed E-state index contributed by atoms with van der Waals surface area (Å²) in [6, 6.07) is 0.276. The molecule has 1 saturated carbocycles. The van der Waals surface area contributed by atoms with E-state index in [9.17, 15) is 4.79 Å². The van der Waals surface area contributed by atoms with Crippen molar-refractivity contribution in [1.29, 1.82) is 0 Å². The van der Waals surface area contributed by atoms with Crippen molar-refractivity contribution in [2.45, 2.75) is 31.1 Å². The van der Waals surface area contributed by atoms with Gasteiger partial charge in [0.1, 0.15) is 13.6 Å². The molecular formula is C6H12BNO. The van der Waals surface area contributed by atoms with Gasteiger partial charge in [-0.1, -0.05) is 0 Å². The molecule has 0 heterocycles. The molecule has 9 heavy (non-hydrogen) atoms. The predicted octanol–water partition coefficient (Wildman–Crippen LogP) is -0.512. The quantitative estimate of drug-likeness (QED) is 0.443. The summed E-state index contributed by atoms with van der Waals surface area (Å²) in [5.41, 5.74) is 5.64. The molecule has 0 aromatic carbocycles. The molecule has 0 spiro atoms. The summed E-state index contributed by atoms with van der Waals surface area (Å²) < 4.78 is 0. The van der Waals surface area contributed by atoms with Gasteiger partial charge in [-0.2, -0.15) is 0 Å². The molecule has 0 aromatic rings. The summed E-state index contributed by atoms with van der Waals surface area (Å²) in [4.78, 5) is 10.9. The van der Waals surface area contributed by atoms with Crippen molar-refractivity contribution in [3.05, 3.63) is 0 Å². The summed E-state index contributed by atoms with van der Waals surface area (Å²) >= 11 is 0. The Balaban J connectivity index is 2.44. The number of hydrogen-bond donors (Lipinski definition) is 1. The zero-order chi connectivity index (χ0) is 6.85. The second kappa shape index (κ2) is 2.52. The van der Waals surface area contributed by atoms with E-state index in [2.05, 4.69) is 0 Å². The third-order valence-electron chi connectivity index (χ3n) is 1.97. The van der Waals surface area contributed by atoms with Crippen molar-refractivity contribution >= 4 is 13.6 Å². The minimum Gasteiger partial charge on any atom is -0.328 e. The molecular weight excluding hydrogens is 113 g/mol. The monoisotopic (exact) mass is 125 g/mol. The van der Waals surface area contributed by atoms with E-state index >= 15 is 0 Å². The van der Waals surface area contributed by atoms with E-state index in [1.807, 2.05) is 7.85 Å². The number of Topliss-reactive ketones (excluding diaryl/α,β-unsaturated/α-hetero) is 1. The van der Waals surface area contributed by atoms with Gasteiger partial charge in [0.2, 0.25) is 0 Å². The van der Waals surface area contributed by atoms with Crippen molar-refractivity contribution in [1.82, 2.24) is 0 Å². The van der Waals surface area contributed by atoms with Crippen LogP contribution in [0.15, 0.2) is 0 Å². The Bertz CT molecular complexity index is 126. The minimum absolute atomic E-state index is 0.216. The lowest BCUT2D eigenvalue weighted by Gasteiger charge is -2.21. The molecule has 1 aliphatic rings. The fourth-order valence-electron chi connectivity index (χ4n) is 1.28. The average molecular weight is 125 g/mol. The molecule has 3 heteroatoms. The molecule has 0 aliphatic heterocycles. The van der Waals surface area contributed by atoms with E-state index in [0.29, 0.717) is 12.2 Å². The lowest BCUT2D eigenvalue weighted by atomic mass is 9.73. The maximum absolute atomic E-state index is 10.9. The third kappa shape index (κ3) is 1.55. The van der Waals surface area contributed by atoms with Crippen LogP contribution in [-0.4, -0.2) is 19.7 Å². The van der Waals surface area contributed by atoms with E-state index in [-0.39, 0.29) is 11.9 Å². The molecule has 0 radical (unpaired) electrons. The number of nitrogens with two attached hydrogens (primary N) is 1. The van der Waals surface area contributed by atoms with Gasteiger partial charge >= 0.3 is 0 Å². The van der Waals surface area contributed by atoms with Gasteiger partial charge < -0.3 is 10.5 Å². The Morgan fingerprint density at radius 3 is 2.78 bits per heavy atom. The molecule has 50 valence electrons. The van der Waals surface area contributed by atoms with E-state index in [1.165, 1.54) is 0 Å². The van der Waals surface area contributed by atoms with Crippen molar-refractivity contribution in [2.75, 3.05) is 0 Å². The second-order valence-corrected chi connectivity index (χ2v) is 2.90. The first kappa shape index (κ1) is 6.81. The molecule has 2 atom stereocenters. The number of rotatable bonds is 0. The number of carbonyl (C=O) groups excluding carboxylic acids is 1. The molecule has 1 aliphatic carbocycles. The van der Waals surface area contributed by atoms with Gasteiger partial charge in [0.05, 0.1) is 0 Å². The predicted molar refractivity (Wildman–Crippen MR) is 39.1 cm³/mol. The van der Waals surface area contributed by atoms with Gasteiger partial charge in [0.25, 0.3) is 0 Å². The van der Waals surface area contributed by atoms with Crippen LogP contribution in [0, 0.1) is 0 Å². The van der Waals surface area contributed by atoms with Crippen LogP contribution in [0.1, 0.15) is 19.3 Å². The van der Waals surface area contributed by atoms with Crippen LogP contribution in [-0.2, 0) is 4.79 Å². The van der Waals surface area contributed by atoms with Gasteiger partial charge in [0, 0.05) is 12.5 Å². The van der Waals surface area contributed by atoms with E-state index in [4.69, 9.17) is 5.73 Å². The van der Waals surface area contributed by atoms with Gasteiger partial charge in [-0.25, -0.2) is 0 Å². The van der Waals surface area contributed by atoms with Crippen LogP contribution in [0.4, 0.5) is 0 Å². The maximum atomic E-state index is 10.9. The molecule has 0 aromatic heterocycles. The fourth-order valence-corrected chi connectivity index (χ4v) is 1.28. The van der Waals surface area contributed by atoms with Gasteiger partial charge in [0.15, 0.2) is 0 Å².